The number of halogens is 1. The maximum atomic E-state index is 13.8. The number of nitrogens with one attached hydrogen (secondary N) is 1. The lowest BCUT2D eigenvalue weighted by Crippen LogP contribution is -2.50. The molecule has 0 aliphatic carbocycles. The topological polar surface area (TPSA) is 103 Å². The molecule has 1 N–H and O–H groups in total. The SMILES string of the molecule is CCN(CCN(CC(=O)N(C)N1Cc2ccc(F)cc2C1)C(=O)CNc1cc2c(cc1C)c(C)nn2C)C(=O)OC(C)(C)C. The molecule has 44 heavy (non-hydrogen) atoms. The number of carbonyl (C=O) groups is 3. The van der Waals surface area contributed by atoms with Crippen LogP contribution < -0.4 is 5.32 Å². The Morgan fingerprint density at radius 1 is 1.02 bits per heavy atom. The standard InChI is InChI=1S/C32H44FN7O4/c1-9-38(31(43)44-32(4,5)6)12-13-39(20-30(42)37(8)40-18-23-10-11-25(33)15-24(23)19-40)29(41)17-34-27-16-28-26(14-21(27)2)22(3)35-36(28)7/h10-11,14-16,34H,9,12-13,17-20H2,1-8H3. The van der Waals surface area contributed by atoms with Crippen LogP contribution in [0, 0.1) is 19.7 Å². The number of likely N-dealkylation sites (N-methyl/N-ethyl adjacent to an activating group) is 2. The summed E-state index contributed by atoms with van der Waals surface area (Å²) in [6, 6.07) is 8.64. The predicted octanol–water partition coefficient (Wildman–Crippen LogP) is 4.22. The number of rotatable bonds is 10. The number of hydrogen-bond acceptors (Lipinski definition) is 7. The second kappa shape index (κ2) is 13.2. The van der Waals surface area contributed by atoms with Gasteiger partial charge in [0.05, 0.1) is 17.8 Å². The molecule has 0 atom stereocenters. The number of aromatic nitrogens is 2. The Kier molecular flexibility index (Phi) is 9.82. The molecule has 0 saturated carbocycles. The van der Waals surface area contributed by atoms with E-state index in [0.717, 1.165) is 39.0 Å². The molecule has 2 heterocycles. The predicted molar refractivity (Wildman–Crippen MR) is 167 cm³/mol. The number of benzene rings is 2. The van der Waals surface area contributed by atoms with Gasteiger partial charge in [0, 0.05) is 57.9 Å². The van der Waals surface area contributed by atoms with Gasteiger partial charge in [-0.05, 0) is 82.5 Å². The normalized spacial score (nSPS) is 13.1. The lowest BCUT2D eigenvalue weighted by atomic mass is 10.1. The minimum Gasteiger partial charge on any atom is -0.444 e. The Bertz CT molecular complexity index is 1550. The van der Waals surface area contributed by atoms with Crippen LogP contribution in [-0.4, -0.2) is 92.9 Å². The molecule has 1 aliphatic heterocycles. The summed E-state index contributed by atoms with van der Waals surface area (Å²) in [4.78, 5) is 42.9. The number of anilines is 1. The van der Waals surface area contributed by atoms with Crippen LogP contribution in [0.15, 0.2) is 30.3 Å². The van der Waals surface area contributed by atoms with Crippen LogP contribution in [0.5, 0.6) is 0 Å². The van der Waals surface area contributed by atoms with Crippen LogP contribution in [0.3, 0.4) is 0 Å². The molecule has 0 bridgehead atoms. The molecule has 0 saturated heterocycles. The molecule has 3 amide bonds. The van der Waals surface area contributed by atoms with Crippen molar-refractivity contribution in [3.8, 4) is 0 Å². The molecule has 238 valence electrons. The van der Waals surface area contributed by atoms with Crippen molar-refractivity contribution in [3.05, 3.63) is 58.5 Å². The van der Waals surface area contributed by atoms with Gasteiger partial charge in [0.25, 0.3) is 5.91 Å². The van der Waals surface area contributed by atoms with Crippen molar-refractivity contribution in [2.45, 2.75) is 60.2 Å². The van der Waals surface area contributed by atoms with Gasteiger partial charge in [0.2, 0.25) is 5.91 Å². The first kappa shape index (κ1) is 32.7. The van der Waals surface area contributed by atoms with Crippen LogP contribution >= 0.6 is 0 Å². The van der Waals surface area contributed by atoms with E-state index >= 15 is 0 Å². The highest BCUT2D eigenvalue weighted by molar-refractivity contribution is 5.89. The van der Waals surface area contributed by atoms with E-state index in [1.807, 2.05) is 45.0 Å². The van der Waals surface area contributed by atoms with Crippen molar-refractivity contribution < 1.29 is 23.5 Å². The van der Waals surface area contributed by atoms with Gasteiger partial charge in [-0.15, -0.1) is 0 Å². The number of fused-ring (bicyclic) bond motifs is 2. The average molecular weight is 610 g/mol. The Morgan fingerprint density at radius 2 is 1.70 bits per heavy atom. The molecular formula is C32H44FN7O4. The third-order valence-electron chi connectivity index (χ3n) is 7.82. The fourth-order valence-corrected chi connectivity index (χ4v) is 5.28. The number of hydrazine groups is 1. The van der Waals surface area contributed by atoms with Gasteiger partial charge in [-0.25, -0.2) is 14.2 Å². The lowest BCUT2D eigenvalue weighted by molar-refractivity contribution is -0.151. The van der Waals surface area contributed by atoms with E-state index in [2.05, 4.69) is 10.4 Å². The van der Waals surface area contributed by atoms with Crippen molar-refractivity contribution in [1.82, 2.24) is 29.6 Å². The maximum absolute atomic E-state index is 13.8. The number of hydrogen-bond donors (Lipinski definition) is 1. The van der Waals surface area contributed by atoms with E-state index in [1.165, 1.54) is 26.9 Å². The molecule has 1 aromatic heterocycles. The van der Waals surface area contributed by atoms with Gasteiger partial charge >= 0.3 is 6.09 Å². The zero-order valence-electron chi connectivity index (χ0n) is 27.0. The highest BCUT2D eigenvalue weighted by Crippen LogP contribution is 2.26. The molecule has 0 unspecified atom stereocenters. The highest BCUT2D eigenvalue weighted by atomic mass is 19.1. The Hall–Kier alpha value is -4.19. The average Bonchev–Trinajstić information content (AvgIpc) is 3.48. The summed E-state index contributed by atoms with van der Waals surface area (Å²) in [5, 5.41) is 12.1. The summed E-state index contributed by atoms with van der Waals surface area (Å²) in [5.74, 6) is -0.906. The fourth-order valence-electron chi connectivity index (χ4n) is 5.28. The first-order chi connectivity index (χ1) is 20.7. The zero-order chi connectivity index (χ0) is 32.3. The van der Waals surface area contributed by atoms with Crippen molar-refractivity contribution in [3.63, 3.8) is 0 Å². The van der Waals surface area contributed by atoms with Crippen LogP contribution in [0.2, 0.25) is 0 Å². The summed E-state index contributed by atoms with van der Waals surface area (Å²) >= 11 is 0. The summed E-state index contributed by atoms with van der Waals surface area (Å²) in [5.41, 5.74) is 4.75. The minimum atomic E-state index is -0.663. The van der Waals surface area contributed by atoms with Crippen molar-refractivity contribution >= 4 is 34.5 Å². The zero-order valence-corrected chi connectivity index (χ0v) is 27.0. The van der Waals surface area contributed by atoms with Crippen LogP contribution in [-0.2, 0) is 34.5 Å². The Balaban J connectivity index is 1.48. The quantitative estimate of drug-likeness (QED) is 0.367. The largest absolute Gasteiger partial charge is 0.444 e. The Morgan fingerprint density at radius 3 is 2.39 bits per heavy atom. The monoisotopic (exact) mass is 609 g/mol. The molecule has 11 nitrogen and oxygen atoms in total. The molecule has 4 rings (SSSR count). The summed E-state index contributed by atoms with van der Waals surface area (Å²) in [6.07, 6.45) is -0.480. The number of amides is 3. The summed E-state index contributed by atoms with van der Waals surface area (Å²) in [7, 11) is 3.53. The highest BCUT2D eigenvalue weighted by Gasteiger charge is 2.29. The number of nitrogens with zero attached hydrogens (tertiary/aromatic N) is 6. The van der Waals surface area contributed by atoms with E-state index in [1.54, 1.807) is 38.6 Å². The van der Waals surface area contributed by atoms with Crippen LogP contribution in [0.1, 0.15) is 50.1 Å². The van der Waals surface area contributed by atoms with E-state index < -0.39 is 11.7 Å². The second-order valence-corrected chi connectivity index (χ2v) is 12.3. The van der Waals surface area contributed by atoms with E-state index in [9.17, 15) is 18.8 Å². The lowest BCUT2D eigenvalue weighted by Gasteiger charge is -2.32. The third-order valence-corrected chi connectivity index (χ3v) is 7.82. The maximum Gasteiger partial charge on any atom is 0.410 e. The van der Waals surface area contributed by atoms with Crippen molar-refractivity contribution in [1.29, 1.82) is 0 Å². The summed E-state index contributed by atoms with van der Waals surface area (Å²) < 4.78 is 21.1. The fraction of sp³-hybridized carbons (Fsp3) is 0.500. The molecule has 3 aromatic rings. The molecular weight excluding hydrogens is 565 g/mol. The van der Waals surface area contributed by atoms with Gasteiger partial charge in [-0.1, -0.05) is 6.07 Å². The first-order valence-corrected chi connectivity index (χ1v) is 14.9. The molecule has 1 aliphatic rings. The number of ether oxygens (including phenoxy) is 1. The minimum absolute atomic E-state index is 0.0484. The number of carbonyl (C=O) groups excluding carboxylic acids is 3. The summed E-state index contributed by atoms with van der Waals surface area (Å²) in [6.45, 7) is 12.5. The molecule has 12 heteroatoms. The molecule has 2 aromatic carbocycles. The van der Waals surface area contributed by atoms with Gasteiger partial charge < -0.3 is 19.9 Å². The second-order valence-electron chi connectivity index (χ2n) is 12.3. The number of aryl methyl sites for hydroxylation is 3. The van der Waals surface area contributed by atoms with E-state index in [-0.39, 0.29) is 43.8 Å². The molecule has 0 fully saturated rings. The van der Waals surface area contributed by atoms with Crippen LogP contribution in [0.25, 0.3) is 10.9 Å². The van der Waals surface area contributed by atoms with Crippen LogP contribution in [0.4, 0.5) is 14.9 Å². The van der Waals surface area contributed by atoms with Crippen molar-refractivity contribution in [2.75, 3.05) is 45.1 Å². The van der Waals surface area contributed by atoms with Crippen molar-refractivity contribution in [2.24, 2.45) is 7.05 Å². The third kappa shape index (κ3) is 7.65. The van der Waals surface area contributed by atoms with E-state index in [4.69, 9.17) is 4.74 Å². The Labute approximate surface area is 258 Å². The van der Waals surface area contributed by atoms with E-state index in [0.29, 0.717) is 19.6 Å². The first-order valence-electron chi connectivity index (χ1n) is 14.9. The van der Waals surface area contributed by atoms with Gasteiger partial charge in [-0.3, -0.25) is 19.3 Å². The van der Waals surface area contributed by atoms with Gasteiger partial charge in [-0.2, -0.15) is 5.10 Å². The smallest absolute Gasteiger partial charge is 0.410 e. The van der Waals surface area contributed by atoms with Gasteiger partial charge in [0.15, 0.2) is 0 Å². The van der Waals surface area contributed by atoms with Gasteiger partial charge in [0.1, 0.15) is 18.0 Å². The molecule has 0 spiro atoms. The molecule has 0 radical (unpaired) electrons.